The highest BCUT2D eigenvalue weighted by atomic mass is 16.2. The Hall–Kier alpha value is -1.55. The second-order valence-electron chi connectivity index (χ2n) is 4.61. The molecule has 4 nitrogen and oxygen atoms in total. The molecule has 3 aliphatic rings. The molecule has 3 saturated heterocycles. The lowest BCUT2D eigenvalue weighted by Gasteiger charge is -2.53. The molecule has 2 unspecified atom stereocenters. The number of carbonyl (C=O) groups excluding carboxylic acids is 1. The molecule has 16 heavy (non-hydrogen) atoms. The zero-order valence-corrected chi connectivity index (χ0v) is 9.26. The number of nitrogen functional groups attached to an aromatic ring is 1. The van der Waals surface area contributed by atoms with Gasteiger partial charge >= 0.3 is 0 Å². The molecule has 3 aliphatic heterocycles. The van der Waals surface area contributed by atoms with Crippen molar-refractivity contribution in [3.8, 4) is 0 Å². The molecule has 0 spiro atoms. The number of hydrogen-bond donors (Lipinski definition) is 1. The summed E-state index contributed by atoms with van der Waals surface area (Å²) in [6.45, 7) is 0.787. The lowest BCUT2D eigenvalue weighted by Crippen LogP contribution is -2.70. The molecule has 3 fully saturated rings. The van der Waals surface area contributed by atoms with Crippen molar-refractivity contribution in [1.82, 2.24) is 4.90 Å². The summed E-state index contributed by atoms with van der Waals surface area (Å²) in [5, 5.41) is 0. The van der Waals surface area contributed by atoms with Crippen LogP contribution in [0.1, 0.15) is 6.42 Å². The van der Waals surface area contributed by atoms with E-state index in [-0.39, 0.29) is 11.9 Å². The van der Waals surface area contributed by atoms with Crippen LogP contribution >= 0.6 is 0 Å². The smallest absolute Gasteiger partial charge is 0.244 e. The van der Waals surface area contributed by atoms with Crippen molar-refractivity contribution in [3.05, 3.63) is 24.3 Å². The molecule has 4 heteroatoms. The molecule has 3 heterocycles. The van der Waals surface area contributed by atoms with Gasteiger partial charge in [0, 0.05) is 24.0 Å². The highest BCUT2D eigenvalue weighted by Gasteiger charge is 2.48. The van der Waals surface area contributed by atoms with Crippen LogP contribution in [0.4, 0.5) is 11.4 Å². The largest absolute Gasteiger partial charge is 0.399 e. The van der Waals surface area contributed by atoms with Crippen LogP contribution in [0.5, 0.6) is 0 Å². The number of nitrogens with zero attached hydrogens (tertiary/aromatic N) is 2. The Kier molecular flexibility index (Phi) is 1.94. The number of hydrogen-bond acceptors (Lipinski definition) is 3. The van der Waals surface area contributed by atoms with E-state index in [1.165, 1.54) is 0 Å². The number of carbonyl (C=O) groups is 1. The van der Waals surface area contributed by atoms with Crippen LogP contribution in [0.2, 0.25) is 0 Å². The summed E-state index contributed by atoms with van der Waals surface area (Å²) in [6, 6.07) is 8.14. The van der Waals surface area contributed by atoms with Crippen LogP contribution in [0.15, 0.2) is 24.3 Å². The van der Waals surface area contributed by atoms with E-state index in [9.17, 15) is 4.79 Å². The molecule has 1 aromatic carbocycles. The first kappa shape index (κ1) is 9.66. The molecule has 84 valence electrons. The van der Waals surface area contributed by atoms with E-state index in [2.05, 4.69) is 4.90 Å². The van der Waals surface area contributed by atoms with Crippen molar-refractivity contribution in [2.45, 2.75) is 18.5 Å². The Labute approximate surface area is 94.6 Å². The first-order valence-electron chi connectivity index (χ1n) is 5.55. The fraction of sp³-hybridized carbons (Fsp3) is 0.417. The van der Waals surface area contributed by atoms with Gasteiger partial charge in [-0.3, -0.25) is 9.69 Å². The van der Waals surface area contributed by atoms with Gasteiger partial charge in [0.25, 0.3) is 0 Å². The highest BCUT2D eigenvalue weighted by molar-refractivity contribution is 5.99. The molecule has 2 bridgehead atoms. The minimum atomic E-state index is 0.0835. The second-order valence-corrected chi connectivity index (χ2v) is 4.61. The topological polar surface area (TPSA) is 49.6 Å². The normalized spacial score (nSPS) is 29.1. The van der Waals surface area contributed by atoms with Gasteiger partial charge in [0.15, 0.2) is 0 Å². The zero-order valence-electron chi connectivity index (χ0n) is 9.26. The summed E-state index contributed by atoms with van der Waals surface area (Å²) in [6.07, 6.45) is 1.01. The van der Waals surface area contributed by atoms with E-state index in [0.717, 1.165) is 18.7 Å². The summed E-state index contributed by atoms with van der Waals surface area (Å²) < 4.78 is 0. The minimum Gasteiger partial charge on any atom is -0.399 e. The van der Waals surface area contributed by atoms with Crippen LogP contribution in [0, 0.1) is 0 Å². The number of benzene rings is 1. The third-order valence-electron chi connectivity index (χ3n) is 3.69. The number of anilines is 2. The number of piperidine rings is 1. The Morgan fingerprint density at radius 3 is 2.88 bits per heavy atom. The summed E-state index contributed by atoms with van der Waals surface area (Å²) >= 11 is 0. The Bertz CT molecular complexity index is 446. The molecular formula is C12H15N3O. The summed E-state index contributed by atoms with van der Waals surface area (Å²) in [4.78, 5) is 16.1. The molecule has 2 atom stereocenters. The first-order chi connectivity index (χ1) is 7.66. The lowest BCUT2D eigenvalue weighted by molar-refractivity contribution is -0.135. The van der Waals surface area contributed by atoms with Crippen molar-refractivity contribution < 1.29 is 4.79 Å². The number of nitrogens with two attached hydrogens (primary N) is 1. The van der Waals surface area contributed by atoms with Gasteiger partial charge in [-0.25, -0.2) is 0 Å². The van der Waals surface area contributed by atoms with E-state index in [4.69, 9.17) is 5.73 Å². The van der Waals surface area contributed by atoms with Gasteiger partial charge in [-0.1, -0.05) is 6.07 Å². The predicted molar refractivity (Wildman–Crippen MR) is 63.2 cm³/mol. The maximum atomic E-state index is 12.1. The van der Waals surface area contributed by atoms with Crippen molar-refractivity contribution in [3.63, 3.8) is 0 Å². The predicted octanol–water partition coefficient (Wildman–Crippen LogP) is 0.688. The number of fused-ring (bicyclic) bond motifs is 2. The van der Waals surface area contributed by atoms with Gasteiger partial charge in [-0.15, -0.1) is 0 Å². The monoisotopic (exact) mass is 217 g/mol. The van der Waals surface area contributed by atoms with Crippen LogP contribution in [0.3, 0.4) is 0 Å². The van der Waals surface area contributed by atoms with Crippen LogP contribution in [0.25, 0.3) is 0 Å². The average Bonchev–Trinajstić information content (AvgIpc) is 2.27. The van der Waals surface area contributed by atoms with Gasteiger partial charge in [0.05, 0.1) is 6.04 Å². The second kappa shape index (κ2) is 3.22. The molecule has 1 amide bonds. The first-order valence-corrected chi connectivity index (χ1v) is 5.55. The van der Waals surface area contributed by atoms with E-state index in [1.54, 1.807) is 0 Å². The third-order valence-corrected chi connectivity index (χ3v) is 3.69. The zero-order chi connectivity index (χ0) is 11.3. The van der Waals surface area contributed by atoms with Gasteiger partial charge in [-0.05, 0) is 31.7 Å². The molecule has 0 aliphatic carbocycles. The van der Waals surface area contributed by atoms with Gasteiger partial charge in [0.1, 0.15) is 0 Å². The van der Waals surface area contributed by atoms with Gasteiger partial charge in [0.2, 0.25) is 5.91 Å². The van der Waals surface area contributed by atoms with Crippen molar-refractivity contribution in [2.75, 3.05) is 24.2 Å². The summed E-state index contributed by atoms with van der Waals surface area (Å²) in [5.41, 5.74) is 7.37. The Morgan fingerprint density at radius 2 is 2.25 bits per heavy atom. The Balaban J connectivity index is 1.89. The number of amides is 1. The lowest BCUT2D eigenvalue weighted by atomic mass is 9.87. The van der Waals surface area contributed by atoms with Crippen LogP contribution in [-0.2, 0) is 4.79 Å². The minimum absolute atomic E-state index is 0.0835. The van der Waals surface area contributed by atoms with E-state index in [0.29, 0.717) is 11.7 Å². The molecule has 0 saturated carbocycles. The SMILES string of the molecule is CN1C2CC1C(=O)N(c1cccc(N)c1)C2. The van der Waals surface area contributed by atoms with Crippen molar-refractivity contribution >= 4 is 17.3 Å². The molecular weight excluding hydrogens is 202 g/mol. The maximum absolute atomic E-state index is 12.1. The summed E-state index contributed by atoms with van der Waals surface area (Å²) in [5.74, 6) is 0.204. The van der Waals surface area contributed by atoms with Crippen LogP contribution in [-0.4, -0.2) is 36.5 Å². The third kappa shape index (κ3) is 1.23. The maximum Gasteiger partial charge on any atom is 0.244 e. The van der Waals surface area contributed by atoms with Crippen molar-refractivity contribution in [1.29, 1.82) is 0 Å². The highest BCUT2D eigenvalue weighted by Crippen LogP contribution is 2.34. The molecule has 2 N–H and O–H groups in total. The number of piperazine rings is 1. The molecule has 1 aromatic rings. The van der Waals surface area contributed by atoms with E-state index < -0.39 is 0 Å². The standard InChI is InChI=1S/C12H15N3O/c1-14-10-6-11(14)12(16)15(7-10)9-4-2-3-8(13)5-9/h2-5,10-11H,6-7,13H2,1H3. The molecule has 0 radical (unpaired) electrons. The fourth-order valence-corrected chi connectivity index (χ4v) is 2.59. The van der Waals surface area contributed by atoms with Crippen LogP contribution < -0.4 is 10.6 Å². The van der Waals surface area contributed by atoms with Gasteiger partial charge < -0.3 is 10.6 Å². The number of likely N-dealkylation sites (N-methyl/N-ethyl adjacent to an activating group) is 1. The van der Waals surface area contributed by atoms with Gasteiger partial charge in [-0.2, -0.15) is 0 Å². The molecule has 4 rings (SSSR count). The summed E-state index contributed by atoms with van der Waals surface area (Å²) in [7, 11) is 2.02. The Morgan fingerprint density at radius 1 is 1.44 bits per heavy atom. The van der Waals surface area contributed by atoms with Crippen molar-refractivity contribution in [2.24, 2.45) is 0 Å². The number of rotatable bonds is 1. The van der Waals surface area contributed by atoms with E-state index >= 15 is 0 Å². The molecule has 0 aromatic heterocycles. The van der Waals surface area contributed by atoms with E-state index in [1.807, 2.05) is 36.2 Å². The fourth-order valence-electron chi connectivity index (χ4n) is 2.59. The quantitative estimate of drug-likeness (QED) is 0.704. The average molecular weight is 217 g/mol.